The van der Waals surface area contributed by atoms with Gasteiger partial charge in [-0.05, 0) is 38.5 Å². The van der Waals surface area contributed by atoms with Crippen LogP contribution in [0.5, 0.6) is 0 Å². The van der Waals surface area contributed by atoms with Crippen molar-refractivity contribution in [1.29, 1.82) is 0 Å². The van der Waals surface area contributed by atoms with E-state index in [0.29, 0.717) is 17.8 Å². The Labute approximate surface area is 169 Å². The monoisotopic (exact) mass is 392 g/mol. The summed E-state index contributed by atoms with van der Waals surface area (Å²) in [6.45, 7) is 5.75. The van der Waals surface area contributed by atoms with E-state index in [9.17, 15) is 9.59 Å². The van der Waals surface area contributed by atoms with Crippen LogP contribution in [0.1, 0.15) is 36.7 Å². The van der Waals surface area contributed by atoms with Gasteiger partial charge in [0.25, 0.3) is 5.91 Å². The summed E-state index contributed by atoms with van der Waals surface area (Å²) in [5.41, 5.74) is 2.51. The third-order valence-electron chi connectivity index (χ3n) is 4.19. The second-order valence-corrected chi connectivity index (χ2v) is 7.03. The highest BCUT2D eigenvalue weighted by Gasteiger charge is 2.24. The van der Waals surface area contributed by atoms with Gasteiger partial charge in [0.05, 0.1) is 6.54 Å². The van der Waals surface area contributed by atoms with Crippen molar-refractivity contribution in [3.8, 4) is 11.3 Å². The van der Waals surface area contributed by atoms with Crippen molar-refractivity contribution in [2.75, 3.05) is 0 Å². The van der Waals surface area contributed by atoms with Crippen LogP contribution in [0.4, 0.5) is 0 Å². The molecule has 7 heteroatoms. The molecule has 3 aromatic rings. The maximum Gasteiger partial charge on any atom is 0.342 e. The number of ether oxygens (including phenoxy) is 1. The van der Waals surface area contributed by atoms with Crippen LogP contribution in [-0.4, -0.2) is 38.8 Å². The Morgan fingerprint density at radius 1 is 1.10 bits per heavy atom. The van der Waals surface area contributed by atoms with Gasteiger partial charge in [0.15, 0.2) is 6.10 Å². The predicted octanol–water partition coefficient (Wildman–Crippen LogP) is 3.06. The number of hydrogen-bond donors (Lipinski definition) is 1. The molecule has 0 unspecified atom stereocenters. The number of carbonyl (C=O) groups excluding carboxylic acids is 2. The minimum atomic E-state index is -0.913. The van der Waals surface area contributed by atoms with Crippen LogP contribution in [0.3, 0.4) is 0 Å². The van der Waals surface area contributed by atoms with E-state index in [2.05, 4.69) is 15.4 Å². The van der Waals surface area contributed by atoms with Gasteiger partial charge in [0, 0.05) is 30.2 Å². The van der Waals surface area contributed by atoms with E-state index >= 15 is 0 Å². The molecule has 0 saturated carbocycles. The van der Waals surface area contributed by atoms with Gasteiger partial charge in [0.1, 0.15) is 11.3 Å². The number of pyridine rings is 1. The molecule has 2 heterocycles. The van der Waals surface area contributed by atoms with Crippen LogP contribution in [0.2, 0.25) is 0 Å². The average Bonchev–Trinajstić information content (AvgIpc) is 3.13. The van der Waals surface area contributed by atoms with Crippen molar-refractivity contribution in [2.45, 2.75) is 39.5 Å². The van der Waals surface area contributed by atoms with Crippen LogP contribution in [-0.2, 0) is 16.1 Å². The van der Waals surface area contributed by atoms with Crippen LogP contribution >= 0.6 is 0 Å². The highest BCUT2D eigenvalue weighted by atomic mass is 16.5. The molecule has 7 nitrogen and oxygen atoms in total. The molecular formula is C22H24N4O3. The number of nitrogens with one attached hydrogen (secondary N) is 1. The molecule has 0 saturated heterocycles. The third kappa shape index (κ3) is 5.28. The fraction of sp³-hybridized carbons (Fsp3) is 0.273. The summed E-state index contributed by atoms with van der Waals surface area (Å²) in [5.74, 6) is -0.942. The summed E-state index contributed by atoms with van der Waals surface area (Å²) in [6, 6.07) is 13.4. The molecule has 1 atom stereocenters. The van der Waals surface area contributed by atoms with Gasteiger partial charge in [-0.1, -0.05) is 30.3 Å². The summed E-state index contributed by atoms with van der Waals surface area (Å²) < 4.78 is 7.09. The molecule has 1 N–H and O–H groups in total. The van der Waals surface area contributed by atoms with E-state index in [0.717, 1.165) is 5.56 Å². The van der Waals surface area contributed by atoms with E-state index in [1.54, 1.807) is 36.3 Å². The Bertz CT molecular complexity index is 968. The normalized spacial score (nSPS) is 11.9. The van der Waals surface area contributed by atoms with Gasteiger partial charge < -0.3 is 10.1 Å². The minimum Gasteiger partial charge on any atom is -0.449 e. The second-order valence-electron chi connectivity index (χ2n) is 7.03. The number of nitrogens with zero attached hydrogens (tertiary/aromatic N) is 3. The molecule has 1 amide bonds. The van der Waals surface area contributed by atoms with Gasteiger partial charge in [0.2, 0.25) is 0 Å². The van der Waals surface area contributed by atoms with Crippen molar-refractivity contribution < 1.29 is 14.3 Å². The van der Waals surface area contributed by atoms with Gasteiger partial charge in [-0.25, -0.2) is 4.79 Å². The molecule has 0 aliphatic heterocycles. The largest absolute Gasteiger partial charge is 0.449 e. The molecule has 150 valence electrons. The first-order chi connectivity index (χ1) is 13.9. The summed E-state index contributed by atoms with van der Waals surface area (Å²) in [6.07, 6.45) is 4.02. The molecule has 1 aromatic carbocycles. The number of aromatic nitrogens is 3. The Kier molecular flexibility index (Phi) is 6.39. The summed E-state index contributed by atoms with van der Waals surface area (Å²) >= 11 is 0. The zero-order chi connectivity index (χ0) is 20.8. The Balaban J connectivity index is 1.87. The second kappa shape index (κ2) is 9.14. The van der Waals surface area contributed by atoms with E-state index < -0.39 is 12.1 Å². The lowest BCUT2D eigenvalue weighted by Gasteiger charge is -2.15. The third-order valence-corrected chi connectivity index (χ3v) is 4.19. The van der Waals surface area contributed by atoms with Gasteiger partial charge >= 0.3 is 5.97 Å². The SMILES string of the molecule is CC(C)NC(=O)[C@H](C)OC(=O)c1cn(Cc2ccccc2)nc1-c1cccnc1. The molecule has 0 fully saturated rings. The Morgan fingerprint density at radius 3 is 2.52 bits per heavy atom. The van der Waals surface area contributed by atoms with Crippen molar-refractivity contribution in [3.05, 3.63) is 72.2 Å². The first-order valence-corrected chi connectivity index (χ1v) is 9.47. The topological polar surface area (TPSA) is 86.1 Å². The quantitative estimate of drug-likeness (QED) is 0.625. The fourth-order valence-corrected chi connectivity index (χ4v) is 2.82. The maximum absolute atomic E-state index is 12.8. The summed E-state index contributed by atoms with van der Waals surface area (Å²) in [5, 5.41) is 7.31. The lowest BCUT2D eigenvalue weighted by Crippen LogP contribution is -2.39. The molecule has 0 bridgehead atoms. The molecule has 0 aliphatic carbocycles. The lowest BCUT2D eigenvalue weighted by atomic mass is 10.1. The van der Waals surface area contributed by atoms with Crippen LogP contribution in [0, 0.1) is 0 Å². The summed E-state index contributed by atoms with van der Waals surface area (Å²) in [7, 11) is 0. The van der Waals surface area contributed by atoms with Crippen LogP contribution in [0.15, 0.2) is 61.1 Å². The van der Waals surface area contributed by atoms with Crippen LogP contribution < -0.4 is 5.32 Å². The van der Waals surface area contributed by atoms with Crippen LogP contribution in [0.25, 0.3) is 11.3 Å². The van der Waals surface area contributed by atoms with E-state index in [4.69, 9.17) is 4.74 Å². The zero-order valence-corrected chi connectivity index (χ0v) is 16.7. The molecular weight excluding hydrogens is 368 g/mol. The first kappa shape index (κ1) is 20.3. The maximum atomic E-state index is 12.8. The highest BCUT2D eigenvalue weighted by molar-refractivity contribution is 5.97. The average molecular weight is 392 g/mol. The number of hydrogen-bond acceptors (Lipinski definition) is 5. The Morgan fingerprint density at radius 2 is 1.86 bits per heavy atom. The number of rotatable bonds is 7. The van der Waals surface area contributed by atoms with Crippen molar-refractivity contribution >= 4 is 11.9 Å². The van der Waals surface area contributed by atoms with Gasteiger partial charge in [-0.15, -0.1) is 0 Å². The first-order valence-electron chi connectivity index (χ1n) is 9.47. The molecule has 3 rings (SSSR count). The molecule has 0 radical (unpaired) electrons. The minimum absolute atomic E-state index is 0.0387. The van der Waals surface area contributed by atoms with Gasteiger partial charge in [-0.3, -0.25) is 14.5 Å². The molecule has 2 aromatic heterocycles. The van der Waals surface area contributed by atoms with E-state index in [1.165, 1.54) is 0 Å². The molecule has 29 heavy (non-hydrogen) atoms. The molecule has 0 aliphatic rings. The Hall–Kier alpha value is -3.48. The zero-order valence-electron chi connectivity index (χ0n) is 16.7. The number of benzene rings is 1. The fourth-order valence-electron chi connectivity index (χ4n) is 2.82. The lowest BCUT2D eigenvalue weighted by molar-refractivity contribution is -0.129. The standard InChI is InChI=1S/C22H24N4O3/c1-15(2)24-21(27)16(3)29-22(28)19-14-26(13-17-8-5-4-6-9-17)25-20(19)18-10-7-11-23-12-18/h4-12,14-16H,13H2,1-3H3,(H,24,27)/t16-/m0/s1. The van der Waals surface area contributed by atoms with E-state index in [-0.39, 0.29) is 17.5 Å². The smallest absolute Gasteiger partial charge is 0.342 e. The van der Waals surface area contributed by atoms with Gasteiger partial charge in [-0.2, -0.15) is 5.10 Å². The number of amides is 1. The molecule has 0 spiro atoms. The van der Waals surface area contributed by atoms with Crippen molar-refractivity contribution in [1.82, 2.24) is 20.1 Å². The highest BCUT2D eigenvalue weighted by Crippen LogP contribution is 2.23. The predicted molar refractivity (Wildman–Crippen MR) is 109 cm³/mol. The number of carbonyl (C=O) groups is 2. The van der Waals surface area contributed by atoms with E-state index in [1.807, 2.05) is 50.2 Å². The van der Waals surface area contributed by atoms with Crippen molar-refractivity contribution in [2.24, 2.45) is 0 Å². The van der Waals surface area contributed by atoms with Crippen molar-refractivity contribution in [3.63, 3.8) is 0 Å². The summed E-state index contributed by atoms with van der Waals surface area (Å²) in [4.78, 5) is 29.0. The number of esters is 1.